The number of halogens is 1. The summed E-state index contributed by atoms with van der Waals surface area (Å²) in [6, 6.07) is 6.46. The fourth-order valence-corrected chi connectivity index (χ4v) is 3.64. The van der Waals surface area contributed by atoms with E-state index < -0.39 is 0 Å². The van der Waals surface area contributed by atoms with E-state index in [-0.39, 0.29) is 29.9 Å². The van der Waals surface area contributed by atoms with Gasteiger partial charge in [-0.2, -0.15) is 0 Å². The van der Waals surface area contributed by atoms with Crippen molar-refractivity contribution in [1.29, 1.82) is 0 Å². The van der Waals surface area contributed by atoms with Gasteiger partial charge in [0.05, 0.1) is 25.6 Å². The standard InChI is InChI=1S/C19H24FNO3/c20-17-4-2-1-3-15(17)9-18(22)21-12-19(13-21)10-16(7-8-24-19)23-11-14-5-6-14/h1-4,14,16H,5-13H2/t16-/m1/s1. The summed E-state index contributed by atoms with van der Waals surface area (Å²) in [7, 11) is 0. The van der Waals surface area contributed by atoms with Gasteiger partial charge in [-0.3, -0.25) is 4.79 Å². The SMILES string of the molecule is O=C(Cc1ccccc1F)N1CC2(C[C@H](OCC3CC3)CCO2)C1. The van der Waals surface area contributed by atoms with Gasteiger partial charge in [0.15, 0.2) is 0 Å². The molecule has 1 spiro atoms. The van der Waals surface area contributed by atoms with Gasteiger partial charge in [0.2, 0.25) is 5.91 Å². The summed E-state index contributed by atoms with van der Waals surface area (Å²) >= 11 is 0. The first kappa shape index (κ1) is 16.0. The van der Waals surface area contributed by atoms with Gasteiger partial charge in [-0.1, -0.05) is 18.2 Å². The molecule has 1 atom stereocenters. The molecule has 0 bridgehead atoms. The molecule has 0 N–H and O–H groups in total. The maximum atomic E-state index is 13.7. The number of nitrogens with zero attached hydrogens (tertiary/aromatic N) is 1. The van der Waals surface area contributed by atoms with Gasteiger partial charge in [0.1, 0.15) is 11.4 Å². The predicted octanol–water partition coefficient (Wildman–Crippen LogP) is 2.55. The first-order chi connectivity index (χ1) is 11.6. The topological polar surface area (TPSA) is 38.8 Å². The number of rotatable bonds is 5. The van der Waals surface area contributed by atoms with Crippen LogP contribution in [0, 0.1) is 11.7 Å². The molecule has 1 aromatic rings. The van der Waals surface area contributed by atoms with Crippen LogP contribution in [-0.2, 0) is 20.7 Å². The molecule has 5 heteroatoms. The summed E-state index contributed by atoms with van der Waals surface area (Å²) in [5.74, 6) is 0.419. The van der Waals surface area contributed by atoms with E-state index in [1.54, 1.807) is 23.1 Å². The lowest BCUT2D eigenvalue weighted by Gasteiger charge is -2.53. The second-order valence-electron chi connectivity index (χ2n) is 7.44. The predicted molar refractivity (Wildman–Crippen MR) is 87.1 cm³/mol. The van der Waals surface area contributed by atoms with Crippen molar-refractivity contribution in [3.05, 3.63) is 35.6 Å². The van der Waals surface area contributed by atoms with Crippen LogP contribution in [0.1, 0.15) is 31.2 Å². The minimum atomic E-state index is -0.316. The second kappa shape index (κ2) is 6.45. The number of amides is 1. The Kier molecular flexibility index (Phi) is 4.31. The molecule has 0 radical (unpaired) electrons. The van der Waals surface area contributed by atoms with E-state index in [4.69, 9.17) is 9.47 Å². The lowest BCUT2D eigenvalue weighted by atomic mass is 9.84. The van der Waals surface area contributed by atoms with Crippen molar-refractivity contribution in [2.24, 2.45) is 5.92 Å². The fraction of sp³-hybridized carbons (Fsp3) is 0.632. The number of hydrogen-bond acceptors (Lipinski definition) is 3. The highest BCUT2D eigenvalue weighted by Gasteiger charge is 2.49. The van der Waals surface area contributed by atoms with Gasteiger partial charge in [-0.15, -0.1) is 0 Å². The molecule has 130 valence electrons. The van der Waals surface area contributed by atoms with Gasteiger partial charge in [-0.25, -0.2) is 4.39 Å². The molecule has 1 aromatic carbocycles. The van der Waals surface area contributed by atoms with Crippen LogP contribution in [0.3, 0.4) is 0 Å². The van der Waals surface area contributed by atoms with Crippen molar-refractivity contribution in [3.63, 3.8) is 0 Å². The van der Waals surface area contributed by atoms with Crippen LogP contribution in [0.4, 0.5) is 4.39 Å². The number of carbonyl (C=O) groups excluding carboxylic acids is 1. The fourth-order valence-electron chi connectivity index (χ4n) is 3.64. The highest BCUT2D eigenvalue weighted by molar-refractivity contribution is 5.80. The Labute approximate surface area is 141 Å². The molecule has 2 saturated heterocycles. The summed E-state index contributed by atoms with van der Waals surface area (Å²) in [5, 5.41) is 0. The molecule has 4 rings (SSSR count). The number of hydrogen-bond donors (Lipinski definition) is 0. The Morgan fingerprint density at radius 1 is 1.29 bits per heavy atom. The Morgan fingerprint density at radius 2 is 2.08 bits per heavy atom. The summed E-state index contributed by atoms with van der Waals surface area (Å²) < 4.78 is 25.7. The van der Waals surface area contributed by atoms with Crippen LogP contribution in [-0.4, -0.2) is 48.8 Å². The van der Waals surface area contributed by atoms with Crippen LogP contribution in [0.15, 0.2) is 24.3 Å². The van der Waals surface area contributed by atoms with Crippen molar-refractivity contribution in [2.75, 3.05) is 26.3 Å². The van der Waals surface area contributed by atoms with E-state index in [2.05, 4.69) is 0 Å². The van der Waals surface area contributed by atoms with Crippen LogP contribution in [0.5, 0.6) is 0 Å². The highest BCUT2D eigenvalue weighted by Crippen LogP contribution is 2.37. The second-order valence-corrected chi connectivity index (χ2v) is 7.44. The van der Waals surface area contributed by atoms with E-state index >= 15 is 0 Å². The number of likely N-dealkylation sites (tertiary alicyclic amines) is 1. The van der Waals surface area contributed by atoms with E-state index in [0.29, 0.717) is 25.3 Å². The van der Waals surface area contributed by atoms with Gasteiger partial charge in [-0.05, 0) is 36.8 Å². The minimum absolute atomic E-state index is 0.0321. The molecule has 3 aliphatic rings. The molecular weight excluding hydrogens is 309 g/mol. The maximum absolute atomic E-state index is 13.7. The van der Waals surface area contributed by atoms with Gasteiger partial charge in [0, 0.05) is 19.6 Å². The van der Waals surface area contributed by atoms with Crippen molar-refractivity contribution < 1.29 is 18.7 Å². The van der Waals surface area contributed by atoms with Crippen LogP contribution < -0.4 is 0 Å². The molecule has 24 heavy (non-hydrogen) atoms. The summed E-state index contributed by atoms with van der Waals surface area (Å²) in [6.07, 6.45) is 4.77. The average molecular weight is 333 g/mol. The van der Waals surface area contributed by atoms with Crippen LogP contribution in [0.2, 0.25) is 0 Å². The van der Waals surface area contributed by atoms with Crippen molar-refractivity contribution in [1.82, 2.24) is 4.90 Å². The van der Waals surface area contributed by atoms with Gasteiger partial charge < -0.3 is 14.4 Å². The number of ether oxygens (including phenoxy) is 2. The van der Waals surface area contributed by atoms with E-state index in [1.807, 2.05) is 0 Å². The average Bonchev–Trinajstić information content (AvgIpc) is 3.37. The summed E-state index contributed by atoms with van der Waals surface area (Å²) in [5.41, 5.74) is 0.218. The van der Waals surface area contributed by atoms with E-state index in [1.165, 1.54) is 18.9 Å². The Morgan fingerprint density at radius 3 is 2.83 bits per heavy atom. The van der Waals surface area contributed by atoms with Crippen molar-refractivity contribution in [3.8, 4) is 0 Å². The molecule has 3 fully saturated rings. The first-order valence-corrected chi connectivity index (χ1v) is 8.90. The Balaban J connectivity index is 1.28. The van der Waals surface area contributed by atoms with Crippen molar-refractivity contribution >= 4 is 5.91 Å². The molecule has 1 amide bonds. The summed E-state index contributed by atoms with van der Waals surface area (Å²) in [6.45, 7) is 2.77. The zero-order valence-corrected chi connectivity index (χ0v) is 13.9. The molecule has 1 aliphatic carbocycles. The zero-order valence-electron chi connectivity index (χ0n) is 13.9. The first-order valence-electron chi connectivity index (χ1n) is 8.90. The summed E-state index contributed by atoms with van der Waals surface area (Å²) in [4.78, 5) is 14.1. The quantitative estimate of drug-likeness (QED) is 0.831. The zero-order chi connectivity index (χ0) is 16.6. The van der Waals surface area contributed by atoms with E-state index in [9.17, 15) is 9.18 Å². The molecule has 2 aliphatic heterocycles. The molecule has 0 unspecified atom stereocenters. The molecule has 4 nitrogen and oxygen atoms in total. The lowest BCUT2D eigenvalue weighted by molar-refractivity contribution is -0.201. The lowest BCUT2D eigenvalue weighted by Crippen LogP contribution is -2.67. The number of carbonyl (C=O) groups is 1. The highest BCUT2D eigenvalue weighted by atomic mass is 19.1. The smallest absolute Gasteiger partial charge is 0.227 e. The molecule has 0 aromatic heterocycles. The van der Waals surface area contributed by atoms with Crippen LogP contribution in [0.25, 0.3) is 0 Å². The molecule has 2 heterocycles. The Hall–Kier alpha value is -1.46. The maximum Gasteiger partial charge on any atom is 0.227 e. The molecule has 1 saturated carbocycles. The van der Waals surface area contributed by atoms with Crippen LogP contribution >= 0.6 is 0 Å². The third kappa shape index (κ3) is 3.47. The monoisotopic (exact) mass is 333 g/mol. The van der Waals surface area contributed by atoms with Gasteiger partial charge in [0.25, 0.3) is 0 Å². The number of benzene rings is 1. The van der Waals surface area contributed by atoms with Crippen molar-refractivity contribution in [2.45, 2.75) is 43.8 Å². The normalized spacial score (nSPS) is 25.5. The Bertz CT molecular complexity index is 610. The van der Waals surface area contributed by atoms with E-state index in [0.717, 1.165) is 25.4 Å². The minimum Gasteiger partial charge on any atom is -0.378 e. The third-order valence-corrected chi connectivity index (χ3v) is 5.32. The third-order valence-electron chi connectivity index (χ3n) is 5.32. The molecular formula is C19H24FNO3. The largest absolute Gasteiger partial charge is 0.378 e. The van der Waals surface area contributed by atoms with Gasteiger partial charge >= 0.3 is 0 Å².